The first-order valence-electron chi connectivity index (χ1n) is 9.04. The van der Waals surface area contributed by atoms with Crippen molar-refractivity contribution in [1.82, 2.24) is 4.90 Å². The lowest BCUT2D eigenvalue weighted by Gasteiger charge is -2.17. The number of aryl methyl sites for hydroxylation is 2. The van der Waals surface area contributed by atoms with E-state index < -0.39 is 12.6 Å². The molecular weight excluding hydrogens is 358 g/mol. The molecule has 2 rings (SSSR count). The predicted molar refractivity (Wildman–Crippen MR) is 106 cm³/mol. The Hall–Kier alpha value is -3.15. The van der Waals surface area contributed by atoms with Gasteiger partial charge in [0.1, 0.15) is 5.75 Å². The van der Waals surface area contributed by atoms with Gasteiger partial charge in [-0.15, -0.1) is 0 Å². The second kappa shape index (κ2) is 9.69. The number of ketones is 1. The number of carbonyl (C=O) groups excluding carboxylic acids is 2. The number of nitrogens with zero attached hydrogens (tertiary/aromatic N) is 1. The molecule has 0 fully saturated rings. The molecule has 0 unspecified atom stereocenters. The molecule has 148 valence electrons. The molecule has 0 aromatic heterocycles. The number of amides is 1. The van der Waals surface area contributed by atoms with Crippen LogP contribution in [-0.4, -0.2) is 41.3 Å². The minimum absolute atomic E-state index is 0.0251. The van der Waals surface area contributed by atoms with Crippen LogP contribution in [0.25, 0.3) is 0 Å². The first-order chi connectivity index (χ1) is 13.3. The van der Waals surface area contributed by atoms with Gasteiger partial charge in [0.2, 0.25) is 5.91 Å². The maximum atomic E-state index is 12.4. The van der Waals surface area contributed by atoms with Gasteiger partial charge in [0.15, 0.2) is 12.4 Å². The van der Waals surface area contributed by atoms with Gasteiger partial charge in [-0.25, -0.2) is 4.79 Å². The Morgan fingerprint density at radius 2 is 1.68 bits per heavy atom. The highest BCUT2D eigenvalue weighted by Gasteiger charge is 2.15. The molecule has 0 aliphatic rings. The summed E-state index contributed by atoms with van der Waals surface area (Å²) in [4.78, 5) is 36.9. The molecule has 6 heteroatoms. The number of carbonyl (C=O) groups is 3. The molecule has 0 spiro atoms. The van der Waals surface area contributed by atoms with E-state index in [9.17, 15) is 14.4 Å². The third-order valence-electron chi connectivity index (χ3n) is 4.39. The summed E-state index contributed by atoms with van der Waals surface area (Å²) in [7, 11) is 1.69. The van der Waals surface area contributed by atoms with E-state index in [1.807, 2.05) is 32.0 Å². The lowest BCUT2D eigenvalue weighted by molar-refractivity contribution is -0.139. The Bertz CT molecular complexity index is 858. The van der Waals surface area contributed by atoms with E-state index in [1.165, 1.54) is 0 Å². The minimum atomic E-state index is -1.04. The van der Waals surface area contributed by atoms with Crippen LogP contribution < -0.4 is 4.74 Å². The maximum absolute atomic E-state index is 12.4. The molecule has 28 heavy (non-hydrogen) atoms. The van der Waals surface area contributed by atoms with Gasteiger partial charge in [-0.2, -0.15) is 0 Å². The highest BCUT2D eigenvalue weighted by Crippen LogP contribution is 2.16. The van der Waals surface area contributed by atoms with E-state index in [2.05, 4.69) is 0 Å². The van der Waals surface area contributed by atoms with Gasteiger partial charge >= 0.3 is 5.97 Å². The third kappa shape index (κ3) is 6.23. The summed E-state index contributed by atoms with van der Waals surface area (Å²) in [6.07, 6.45) is 0.331. The summed E-state index contributed by atoms with van der Waals surface area (Å²) in [5.41, 5.74) is 3.50. The van der Waals surface area contributed by atoms with Crippen LogP contribution in [-0.2, 0) is 16.1 Å². The SMILES string of the molecule is Cc1ccc(C)c(C(=O)CCC(=O)N(C)Cc2ccc(OCC(=O)O)cc2)c1. The summed E-state index contributed by atoms with van der Waals surface area (Å²) >= 11 is 0. The molecule has 2 aromatic carbocycles. The monoisotopic (exact) mass is 383 g/mol. The van der Waals surface area contributed by atoms with Crippen molar-refractivity contribution in [1.29, 1.82) is 0 Å². The maximum Gasteiger partial charge on any atom is 0.341 e. The minimum Gasteiger partial charge on any atom is -0.482 e. The number of ether oxygens (including phenoxy) is 1. The van der Waals surface area contributed by atoms with Crippen LogP contribution >= 0.6 is 0 Å². The van der Waals surface area contributed by atoms with Gasteiger partial charge in [-0.05, 0) is 43.2 Å². The number of rotatable bonds is 9. The molecular formula is C22H25NO5. The van der Waals surface area contributed by atoms with Gasteiger partial charge in [-0.1, -0.05) is 29.8 Å². The normalized spacial score (nSPS) is 10.4. The summed E-state index contributed by atoms with van der Waals surface area (Å²) in [5, 5.41) is 8.61. The van der Waals surface area contributed by atoms with Crippen LogP contribution in [0.3, 0.4) is 0 Å². The molecule has 1 N–H and O–H groups in total. The molecule has 0 aliphatic carbocycles. The molecule has 0 aliphatic heterocycles. The zero-order valence-electron chi connectivity index (χ0n) is 16.4. The van der Waals surface area contributed by atoms with Crippen molar-refractivity contribution in [3.63, 3.8) is 0 Å². The Kier molecular flexibility index (Phi) is 7.32. The molecule has 0 radical (unpaired) electrons. The number of carboxylic acid groups (broad SMARTS) is 1. The smallest absolute Gasteiger partial charge is 0.341 e. The Balaban J connectivity index is 1.86. The fraction of sp³-hybridized carbons (Fsp3) is 0.318. The lowest BCUT2D eigenvalue weighted by Crippen LogP contribution is -2.26. The Morgan fingerprint density at radius 3 is 2.32 bits per heavy atom. The van der Waals surface area contributed by atoms with E-state index in [4.69, 9.17) is 9.84 Å². The van der Waals surface area contributed by atoms with Crippen LogP contribution in [0, 0.1) is 13.8 Å². The zero-order chi connectivity index (χ0) is 20.7. The van der Waals surface area contributed by atoms with Crippen LogP contribution in [0.2, 0.25) is 0 Å². The Morgan fingerprint density at radius 1 is 1.00 bits per heavy atom. The highest BCUT2D eigenvalue weighted by atomic mass is 16.5. The van der Waals surface area contributed by atoms with Crippen molar-refractivity contribution in [3.05, 3.63) is 64.7 Å². The number of benzene rings is 2. The summed E-state index contributed by atoms with van der Waals surface area (Å²) in [6.45, 7) is 3.83. The van der Waals surface area contributed by atoms with Crippen molar-refractivity contribution >= 4 is 17.7 Å². The van der Waals surface area contributed by atoms with E-state index >= 15 is 0 Å². The predicted octanol–water partition coefficient (Wildman–Crippen LogP) is 3.39. The van der Waals surface area contributed by atoms with Gasteiger partial charge in [0.05, 0.1) is 0 Å². The molecule has 0 atom stereocenters. The Labute approximate surface area is 164 Å². The van der Waals surface area contributed by atoms with E-state index in [0.717, 1.165) is 16.7 Å². The fourth-order valence-corrected chi connectivity index (χ4v) is 2.78. The van der Waals surface area contributed by atoms with Crippen molar-refractivity contribution in [2.24, 2.45) is 0 Å². The van der Waals surface area contributed by atoms with Gasteiger partial charge in [-0.3, -0.25) is 9.59 Å². The molecule has 1 amide bonds. The van der Waals surface area contributed by atoms with Crippen molar-refractivity contribution in [3.8, 4) is 5.75 Å². The number of aliphatic carboxylic acids is 1. The fourth-order valence-electron chi connectivity index (χ4n) is 2.78. The number of hydrogen-bond donors (Lipinski definition) is 1. The summed E-state index contributed by atoms with van der Waals surface area (Å²) < 4.78 is 5.08. The van der Waals surface area contributed by atoms with Crippen LogP contribution in [0.1, 0.15) is 39.9 Å². The second-order valence-electron chi connectivity index (χ2n) is 6.82. The standard InChI is InChI=1S/C22H25NO5/c1-15-4-5-16(2)19(12-15)20(24)10-11-21(25)23(3)13-17-6-8-18(9-7-17)28-14-22(26)27/h4-9,12H,10-11,13-14H2,1-3H3,(H,26,27). The number of hydrogen-bond acceptors (Lipinski definition) is 4. The summed E-state index contributed by atoms with van der Waals surface area (Å²) in [5.74, 6) is -0.711. The average Bonchev–Trinajstić information content (AvgIpc) is 2.67. The van der Waals surface area contributed by atoms with Crippen molar-refractivity contribution in [2.45, 2.75) is 33.2 Å². The molecule has 0 saturated carbocycles. The van der Waals surface area contributed by atoms with Gasteiger partial charge in [0, 0.05) is 32.0 Å². The van der Waals surface area contributed by atoms with Crippen LogP contribution in [0.5, 0.6) is 5.75 Å². The first-order valence-corrected chi connectivity index (χ1v) is 9.04. The van der Waals surface area contributed by atoms with E-state index in [1.54, 1.807) is 36.2 Å². The zero-order valence-corrected chi connectivity index (χ0v) is 16.4. The molecule has 0 heterocycles. The van der Waals surface area contributed by atoms with E-state index in [-0.39, 0.29) is 24.5 Å². The second-order valence-corrected chi connectivity index (χ2v) is 6.82. The molecule has 0 bridgehead atoms. The van der Waals surface area contributed by atoms with E-state index in [0.29, 0.717) is 17.9 Å². The largest absolute Gasteiger partial charge is 0.482 e. The quantitative estimate of drug-likeness (QED) is 0.671. The summed E-state index contributed by atoms with van der Waals surface area (Å²) in [6, 6.07) is 12.6. The average molecular weight is 383 g/mol. The molecule has 0 saturated heterocycles. The molecule has 2 aromatic rings. The highest BCUT2D eigenvalue weighted by molar-refractivity contribution is 5.99. The van der Waals surface area contributed by atoms with Crippen LogP contribution in [0.4, 0.5) is 0 Å². The number of Topliss-reactive ketones (excluding diaryl/α,β-unsaturated/α-hetero) is 1. The van der Waals surface area contributed by atoms with Gasteiger partial charge in [0.25, 0.3) is 0 Å². The topological polar surface area (TPSA) is 83.9 Å². The van der Waals surface area contributed by atoms with Crippen molar-refractivity contribution < 1.29 is 24.2 Å². The first kappa shape index (κ1) is 21.2. The van der Waals surface area contributed by atoms with Crippen LogP contribution in [0.15, 0.2) is 42.5 Å². The number of carboxylic acids is 1. The van der Waals surface area contributed by atoms with Gasteiger partial charge < -0.3 is 14.7 Å². The van der Waals surface area contributed by atoms with Crippen molar-refractivity contribution in [2.75, 3.05) is 13.7 Å². The third-order valence-corrected chi connectivity index (χ3v) is 4.39. The lowest BCUT2D eigenvalue weighted by atomic mass is 9.99. The molecule has 6 nitrogen and oxygen atoms in total.